The van der Waals surface area contributed by atoms with E-state index in [-0.39, 0.29) is 22.3 Å². The number of rotatable bonds is 3. The zero-order valence-corrected chi connectivity index (χ0v) is 19.1. The lowest BCUT2D eigenvalue weighted by Gasteiger charge is -2.34. The standard InChI is InChI=1S/C25H34O4/c1-14-16(10-12-18(26)20(14)23(3,4)5)25(9,22(28)29)17-11-13-19(27)21(15(17)2)24(6,7)8/h10-13,26-27H,1-9H3,(H,28,29). The van der Waals surface area contributed by atoms with Gasteiger partial charge in [-0.15, -0.1) is 0 Å². The van der Waals surface area contributed by atoms with E-state index in [1.54, 1.807) is 31.2 Å². The molecule has 0 aliphatic heterocycles. The molecule has 2 aromatic rings. The van der Waals surface area contributed by atoms with Gasteiger partial charge in [-0.05, 0) is 66.0 Å². The van der Waals surface area contributed by atoms with Crippen LogP contribution in [-0.4, -0.2) is 21.3 Å². The van der Waals surface area contributed by atoms with Gasteiger partial charge in [-0.25, -0.2) is 0 Å². The largest absolute Gasteiger partial charge is 0.508 e. The number of carboxylic acid groups (broad SMARTS) is 1. The molecule has 0 unspecified atom stereocenters. The lowest BCUT2D eigenvalue weighted by molar-refractivity contribution is -0.141. The topological polar surface area (TPSA) is 77.8 Å². The van der Waals surface area contributed by atoms with E-state index in [0.29, 0.717) is 11.1 Å². The summed E-state index contributed by atoms with van der Waals surface area (Å²) >= 11 is 0. The maximum Gasteiger partial charge on any atom is 0.318 e. The van der Waals surface area contributed by atoms with Crippen LogP contribution in [0.5, 0.6) is 11.5 Å². The minimum atomic E-state index is -1.34. The minimum Gasteiger partial charge on any atom is -0.508 e. The van der Waals surface area contributed by atoms with Crippen LogP contribution in [0.15, 0.2) is 24.3 Å². The van der Waals surface area contributed by atoms with Crippen molar-refractivity contribution in [2.45, 2.75) is 78.6 Å². The molecule has 158 valence electrons. The van der Waals surface area contributed by atoms with Gasteiger partial charge in [0.15, 0.2) is 0 Å². The second-order valence-electron chi connectivity index (χ2n) is 10.2. The van der Waals surface area contributed by atoms with Crippen molar-refractivity contribution in [2.24, 2.45) is 0 Å². The molecule has 0 saturated carbocycles. The molecule has 0 spiro atoms. The fourth-order valence-corrected chi connectivity index (χ4v) is 4.75. The first kappa shape index (κ1) is 22.8. The summed E-state index contributed by atoms with van der Waals surface area (Å²) < 4.78 is 0. The highest BCUT2D eigenvalue weighted by molar-refractivity contribution is 5.87. The van der Waals surface area contributed by atoms with E-state index in [4.69, 9.17) is 0 Å². The first-order valence-electron chi connectivity index (χ1n) is 9.95. The maximum absolute atomic E-state index is 12.7. The molecule has 29 heavy (non-hydrogen) atoms. The van der Waals surface area contributed by atoms with E-state index < -0.39 is 11.4 Å². The Morgan fingerprint density at radius 1 is 0.690 bits per heavy atom. The number of phenolic OH excluding ortho intramolecular Hbond substituents is 2. The van der Waals surface area contributed by atoms with Crippen molar-refractivity contribution in [1.82, 2.24) is 0 Å². The molecule has 2 aromatic carbocycles. The van der Waals surface area contributed by atoms with Gasteiger partial charge in [0.25, 0.3) is 0 Å². The zero-order valence-electron chi connectivity index (χ0n) is 19.1. The van der Waals surface area contributed by atoms with Gasteiger partial charge < -0.3 is 15.3 Å². The molecule has 0 fully saturated rings. The number of benzene rings is 2. The maximum atomic E-state index is 12.7. The summed E-state index contributed by atoms with van der Waals surface area (Å²) in [6.45, 7) is 17.4. The lowest BCUT2D eigenvalue weighted by Crippen LogP contribution is -2.36. The van der Waals surface area contributed by atoms with Gasteiger partial charge >= 0.3 is 5.97 Å². The molecule has 0 amide bonds. The zero-order chi connectivity index (χ0) is 22.5. The van der Waals surface area contributed by atoms with Crippen LogP contribution >= 0.6 is 0 Å². The Labute approximate surface area is 174 Å². The second-order valence-corrected chi connectivity index (χ2v) is 10.2. The molecule has 0 atom stereocenters. The summed E-state index contributed by atoms with van der Waals surface area (Å²) in [6.07, 6.45) is 0. The van der Waals surface area contributed by atoms with Crippen molar-refractivity contribution >= 4 is 5.97 Å². The third-order valence-electron chi connectivity index (χ3n) is 5.89. The predicted octanol–water partition coefficient (Wildman–Crippen LogP) is 5.70. The second kappa shape index (κ2) is 7.08. The molecule has 0 radical (unpaired) electrons. The van der Waals surface area contributed by atoms with Crippen LogP contribution in [-0.2, 0) is 21.0 Å². The summed E-state index contributed by atoms with van der Waals surface area (Å²) in [7, 11) is 0. The van der Waals surface area contributed by atoms with Crippen molar-refractivity contribution < 1.29 is 20.1 Å². The Hall–Kier alpha value is -2.49. The van der Waals surface area contributed by atoms with Crippen LogP contribution in [0.3, 0.4) is 0 Å². The SMILES string of the molecule is Cc1c(C(C)(C(=O)O)c2ccc(O)c(C(C)(C)C)c2C)ccc(O)c1C(C)(C)C. The van der Waals surface area contributed by atoms with Crippen LogP contribution in [0, 0.1) is 13.8 Å². The number of carboxylic acids is 1. The highest BCUT2D eigenvalue weighted by Crippen LogP contribution is 2.45. The van der Waals surface area contributed by atoms with Gasteiger partial charge in [0.2, 0.25) is 0 Å². The highest BCUT2D eigenvalue weighted by Gasteiger charge is 2.42. The number of aromatic hydroxyl groups is 2. The molecule has 0 saturated heterocycles. The van der Waals surface area contributed by atoms with Crippen LogP contribution in [0.2, 0.25) is 0 Å². The molecule has 0 aliphatic carbocycles. The van der Waals surface area contributed by atoms with E-state index in [1.807, 2.05) is 55.4 Å². The molecule has 3 N–H and O–H groups in total. The van der Waals surface area contributed by atoms with Crippen LogP contribution < -0.4 is 0 Å². The molecular formula is C25H34O4. The van der Waals surface area contributed by atoms with Crippen molar-refractivity contribution in [3.8, 4) is 11.5 Å². The van der Waals surface area contributed by atoms with Crippen molar-refractivity contribution in [3.63, 3.8) is 0 Å². The number of hydrogen-bond acceptors (Lipinski definition) is 3. The Morgan fingerprint density at radius 3 is 1.24 bits per heavy atom. The van der Waals surface area contributed by atoms with Crippen LogP contribution in [0.25, 0.3) is 0 Å². The number of hydrogen-bond donors (Lipinski definition) is 3. The van der Waals surface area contributed by atoms with Crippen LogP contribution in [0.4, 0.5) is 0 Å². The van der Waals surface area contributed by atoms with Gasteiger partial charge in [-0.1, -0.05) is 53.7 Å². The highest BCUT2D eigenvalue weighted by atomic mass is 16.4. The molecule has 2 rings (SSSR count). The summed E-state index contributed by atoms with van der Waals surface area (Å²) in [5.74, 6) is -0.631. The van der Waals surface area contributed by atoms with E-state index >= 15 is 0 Å². The van der Waals surface area contributed by atoms with Crippen molar-refractivity contribution in [2.75, 3.05) is 0 Å². The molecule has 4 heteroatoms. The quantitative estimate of drug-likeness (QED) is 0.620. The van der Waals surface area contributed by atoms with Gasteiger partial charge in [0.1, 0.15) is 16.9 Å². The van der Waals surface area contributed by atoms with E-state index in [0.717, 1.165) is 22.3 Å². The Balaban J connectivity index is 2.95. The number of carbonyl (C=O) groups is 1. The normalized spacial score (nSPS) is 12.9. The molecule has 0 bridgehead atoms. The molecule has 4 nitrogen and oxygen atoms in total. The molecule has 0 heterocycles. The third kappa shape index (κ3) is 3.73. The minimum absolute atomic E-state index is 0.171. The number of aliphatic carboxylic acids is 1. The molecule has 0 aromatic heterocycles. The summed E-state index contributed by atoms with van der Waals surface area (Å²) in [5, 5.41) is 31.4. The third-order valence-corrected chi connectivity index (χ3v) is 5.89. The Kier molecular flexibility index (Phi) is 5.57. The Morgan fingerprint density at radius 2 is 1.00 bits per heavy atom. The predicted molar refractivity (Wildman–Crippen MR) is 117 cm³/mol. The molecule has 0 aliphatic rings. The van der Waals surface area contributed by atoms with Gasteiger partial charge in [0, 0.05) is 11.1 Å². The fourth-order valence-electron chi connectivity index (χ4n) is 4.75. The molecular weight excluding hydrogens is 364 g/mol. The Bertz CT molecular complexity index is 887. The monoisotopic (exact) mass is 398 g/mol. The average Bonchev–Trinajstić information content (AvgIpc) is 2.51. The summed E-state index contributed by atoms with van der Waals surface area (Å²) in [4.78, 5) is 12.7. The summed E-state index contributed by atoms with van der Waals surface area (Å²) in [6, 6.07) is 6.59. The number of phenols is 2. The summed E-state index contributed by atoms with van der Waals surface area (Å²) in [5.41, 5.74) is 2.29. The first-order chi connectivity index (χ1) is 13.0. The van der Waals surface area contributed by atoms with Gasteiger partial charge in [0.05, 0.1) is 0 Å². The fraction of sp³-hybridized carbons (Fsp3) is 0.480. The smallest absolute Gasteiger partial charge is 0.318 e. The van der Waals surface area contributed by atoms with Crippen molar-refractivity contribution in [3.05, 3.63) is 57.6 Å². The first-order valence-corrected chi connectivity index (χ1v) is 9.95. The van der Waals surface area contributed by atoms with Gasteiger partial charge in [-0.2, -0.15) is 0 Å². The van der Waals surface area contributed by atoms with E-state index in [9.17, 15) is 20.1 Å². The van der Waals surface area contributed by atoms with Gasteiger partial charge in [-0.3, -0.25) is 4.79 Å². The lowest BCUT2D eigenvalue weighted by atomic mass is 9.68. The van der Waals surface area contributed by atoms with Crippen LogP contribution in [0.1, 0.15) is 81.8 Å². The van der Waals surface area contributed by atoms with E-state index in [1.165, 1.54) is 0 Å². The average molecular weight is 399 g/mol. The van der Waals surface area contributed by atoms with Crippen molar-refractivity contribution in [1.29, 1.82) is 0 Å². The van der Waals surface area contributed by atoms with E-state index in [2.05, 4.69) is 0 Å².